The van der Waals surface area contributed by atoms with Crippen molar-refractivity contribution in [3.63, 3.8) is 0 Å². The molecule has 7 heteroatoms. The van der Waals surface area contributed by atoms with Gasteiger partial charge in [0.1, 0.15) is 22.9 Å². The summed E-state index contributed by atoms with van der Waals surface area (Å²) in [7, 11) is 2.24. The topological polar surface area (TPSA) is 67.6 Å². The molecule has 5 rings (SSSR count). The Morgan fingerprint density at radius 3 is 2.62 bits per heavy atom. The zero-order chi connectivity index (χ0) is 24.0. The number of hydrogen-bond acceptors (Lipinski definition) is 6. The number of aromatic nitrogens is 2. The van der Waals surface area contributed by atoms with E-state index in [1.807, 2.05) is 45.0 Å². The Balaban J connectivity index is 1.33. The van der Waals surface area contributed by atoms with Gasteiger partial charge < -0.3 is 14.7 Å². The van der Waals surface area contributed by atoms with Crippen molar-refractivity contribution in [2.24, 2.45) is 5.92 Å². The van der Waals surface area contributed by atoms with E-state index in [4.69, 9.17) is 4.74 Å². The SMILES string of the molecule is Cc1cc(-n2cnc3cc(CCC(O)C(C)C)sc3c2=O)ccc1O[C@H]1C[C@H]2CC[C@@H](C1)N2C. The molecule has 2 bridgehead atoms. The fourth-order valence-corrected chi connectivity index (χ4v) is 6.50. The quantitative estimate of drug-likeness (QED) is 0.529. The second kappa shape index (κ2) is 9.44. The Kier molecular flexibility index (Phi) is 6.53. The summed E-state index contributed by atoms with van der Waals surface area (Å²) in [5.41, 5.74) is 2.52. The van der Waals surface area contributed by atoms with Gasteiger partial charge in [0.15, 0.2) is 0 Å². The number of nitrogens with zero attached hydrogens (tertiary/aromatic N) is 3. The fraction of sp³-hybridized carbons (Fsp3) is 0.556. The average molecular weight is 482 g/mol. The van der Waals surface area contributed by atoms with Crippen LogP contribution in [0, 0.1) is 12.8 Å². The van der Waals surface area contributed by atoms with E-state index in [1.165, 1.54) is 24.2 Å². The third kappa shape index (κ3) is 4.53. The number of aliphatic hydroxyl groups is 1. The van der Waals surface area contributed by atoms with E-state index < -0.39 is 0 Å². The standard InChI is InChI=1S/C27H35N3O3S/c1-16(2)24(31)9-8-22-14-23-26(34-22)27(32)30(15-28-23)20-7-10-25(17(3)11-20)33-21-12-18-5-6-19(13-21)29(18)4/h7,10-11,14-16,18-19,21,24,31H,5-6,8-9,12-13H2,1-4H3/t18-,19+,21+,24?. The number of benzene rings is 1. The van der Waals surface area contributed by atoms with Gasteiger partial charge in [-0.1, -0.05) is 13.8 Å². The van der Waals surface area contributed by atoms with Crippen molar-refractivity contribution in [2.75, 3.05) is 7.05 Å². The maximum atomic E-state index is 13.3. The lowest BCUT2D eigenvalue weighted by Crippen LogP contribution is -2.43. The highest BCUT2D eigenvalue weighted by Gasteiger charge is 2.39. The van der Waals surface area contributed by atoms with Crippen LogP contribution in [0.25, 0.3) is 15.9 Å². The molecule has 182 valence electrons. The summed E-state index contributed by atoms with van der Waals surface area (Å²) in [5, 5.41) is 10.1. The molecule has 1 N–H and O–H groups in total. The van der Waals surface area contributed by atoms with Crippen molar-refractivity contribution >= 4 is 21.6 Å². The van der Waals surface area contributed by atoms with Gasteiger partial charge in [0, 0.05) is 17.0 Å². The van der Waals surface area contributed by atoms with E-state index in [0.717, 1.165) is 46.7 Å². The third-order valence-electron chi connectivity index (χ3n) is 7.73. The predicted octanol–water partition coefficient (Wildman–Crippen LogP) is 4.71. The lowest BCUT2D eigenvalue weighted by molar-refractivity contribution is 0.0657. The van der Waals surface area contributed by atoms with Crippen molar-refractivity contribution in [3.8, 4) is 11.4 Å². The summed E-state index contributed by atoms with van der Waals surface area (Å²) in [6, 6.07) is 9.23. The second-order valence-corrected chi connectivity index (χ2v) is 11.5. The summed E-state index contributed by atoms with van der Waals surface area (Å²) >= 11 is 1.49. The smallest absolute Gasteiger partial charge is 0.275 e. The normalized spacial score (nSPS) is 23.6. The van der Waals surface area contributed by atoms with E-state index in [0.29, 0.717) is 23.2 Å². The number of fused-ring (bicyclic) bond motifs is 3. The molecule has 0 radical (unpaired) electrons. The van der Waals surface area contributed by atoms with Crippen LogP contribution in [0.2, 0.25) is 0 Å². The molecule has 1 unspecified atom stereocenters. The first-order valence-corrected chi connectivity index (χ1v) is 13.3. The molecule has 0 aliphatic carbocycles. The minimum atomic E-state index is -0.330. The van der Waals surface area contributed by atoms with Crippen LogP contribution in [0.1, 0.15) is 56.4 Å². The van der Waals surface area contributed by atoms with E-state index in [2.05, 4.69) is 16.9 Å². The van der Waals surface area contributed by atoms with Crippen LogP contribution in [0.5, 0.6) is 5.75 Å². The zero-order valence-corrected chi connectivity index (χ0v) is 21.3. The molecule has 0 amide bonds. The Hall–Kier alpha value is -2.22. The molecule has 3 aromatic rings. The highest BCUT2D eigenvalue weighted by Crippen LogP contribution is 2.36. The van der Waals surface area contributed by atoms with Gasteiger partial charge in [-0.15, -0.1) is 11.3 Å². The fourth-order valence-electron chi connectivity index (χ4n) is 5.45. The third-order valence-corrected chi connectivity index (χ3v) is 8.90. The van der Waals surface area contributed by atoms with Gasteiger partial charge in [-0.3, -0.25) is 9.36 Å². The molecule has 0 spiro atoms. The summed E-state index contributed by atoms with van der Waals surface area (Å²) in [4.78, 5) is 21.4. The van der Waals surface area contributed by atoms with Crippen LogP contribution in [0.15, 0.2) is 35.4 Å². The van der Waals surface area contributed by atoms with Crippen LogP contribution in [0.4, 0.5) is 0 Å². The Morgan fingerprint density at radius 2 is 1.94 bits per heavy atom. The lowest BCUT2D eigenvalue weighted by Gasteiger charge is -2.36. The highest BCUT2D eigenvalue weighted by atomic mass is 32.1. The van der Waals surface area contributed by atoms with Crippen molar-refractivity contribution in [2.45, 2.75) is 83.6 Å². The van der Waals surface area contributed by atoms with Gasteiger partial charge in [0.25, 0.3) is 5.56 Å². The molecule has 2 aliphatic rings. The maximum absolute atomic E-state index is 13.3. The van der Waals surface area contributed by atoms with Crippen LogP contribution < -0.4 is 10.3 Å². The average Bonchev–Trinajstić information content (AvgIpc) is 3.30. The Bertz CT molecular complexity index is 1220. The minimum absolute atomic E-state index is 0.0504. The molecular formula is C27H35N3O3S. The van der Waals surface area contributed by atoms with Crippen molar-refractivity contribution in [1.82, 2.24) is 14.5 Å². The monoisotopic (exact) mass is 481 g/mol. The summed E-state index contributed by atoms with van der Waals surface area (Å²) < 4.78 is 8.71. The van der Waals surface area contributed by atoms with Crippen molar-refractivity contribution in [1.29, 1.82) is 0 Å². The molecule has 6 nitrogen and oxygen atoms in total. The van der Waals surface area contributed by atoms with Gasteiger partial charge in [0.2, 0.25) is 0 Å². The first-order chi connectivity index (χ1) is 16.3. The molecular weight excluding hydrogens is 446 g/mol. The summed E-state index contributed by atoms with van der Waals surface area (Å²) in [6.45, 7) is 6.08. The molecule has 34 heavy (non-hydrogen) atoms. The molecule has 4 atom stereocenters. The van der Waals surface area contributed by atoms with Gasteiger partial charge >= 0.3 is 0 Å². The lowest BCUT2D eigenvalue weighted by atomic mass is 10.0. The van der Waals surface area contributed by atoms with Gasteiger partial charge in [-0.25, -0.2) is 4.98 Å². The number of rotatable bonds is 7. The zero-order valence-electron chi connectivity index (χ0n) is 20.5. The van der Waals surface area contributed by atoms with E-state index in [-0.39, 0.29) is 23.7 Å². The predicted molar refractivity (Wildman–Crippen MR) is 137 cm³/mol. The number of aryl methyl sites for hydroxylation is 2. The van der Waals surface area contributed by atoms with Gasteiger partial charge in [-0.2, -0.15) is 0 Å². The molecule has 2 fully saturated rings. The number of thiophene rings is 1. The Morgan fingerprint density at radius 1 is 1.21 bits per heavy atom. The number of hydrogen-bond donors (Lipinski definition) is 1. The molecule has 2 saturated heterocycles. The van der Waals surface area contributed by atoms with E-state index in [9.17, 15) is 9.90 Å². The number of piperidine rings is 1. The minimum Gasteiger partial charge on any atom is -0.490 e. The van der Waals surface area contributed by atoms with Crippen LogP contribution in [-0.2, 0) is 6.42 Å². The van der Waals surface area contributed by atoms with Crippen molar-refractivity contribution < 1.29 is 9.84 Å². The largest absolute Gasteiger partial charge is 0.490 e. The summed E-state index contributed by atoms with van der Waals surface area (Å²) in [6.07, 6.45) is 7.73. The maximum Gasteiger partial charge on any atom is 0.275 e. The molecule has 1 aromatic carbocycles. The van der Waals surface area contributed by atoms with Crippen molar-refractivity contribution in [3.05, 3.63) is 51.4 Å². The van der Waals surface area contributed by atoms with Crippen LogP contribution in [-0.4, -0.2) is 50.9 Å². The first-order valence-electron chi connectivity index (χ1n) is 12.5. The number of ether oxygens (including phenoxy) is 1. The molecule has 0 saturated carbocycles. The van der Waals surface area contributed by atoms with Gasteiger partial charge in [-0.05, 0) is 88.2 Å². The molecule has 4 heterocycles. The van der Waals surface area contributed by atoms with Gasteiger partial charge in [0.05, 0.1) is 17.3 Å². The van der Waals surface area contributed by atoms with Crippen LogP contribution >= 0.6 is 11.3 Å². The van der Waals surface area contributed by atoms with Crippen LogP contribution in [0.3, 0.4) is 0 Å². The summed E-state index contributed by atoms with van der Waals surface area (Å²) in [5.74, 6) is 1.14. The van der Waals surface area contributed by atoms with E-state index in [1.54, 1.807) is 10.9 Å². The second-order valence-electron chi connectivity index (χ2n) is 10.4. The highest BCUT2D eigenvalue weighted by molar-refractivity contribution is 7.18. The first kappa shape index (κ1) is 23.5. The molecule has 2 aromatic heterocycles. The van der Waals surface area contributed by atoms with E-state index >= 15 is 0 Å². The molecule has 2 aliphatic heterocycles. The Labute approximate surface area is 205 Å². The number of aliphatic hydroxyl groups excluding tert-OH is 1.